The molecule has 1 atom stereocenters. The molecule has 3 N–H and O–H groups in total. The van der Waals surface area contributed by atoms with Gasteiger partial charge in [0.15, 0.2) is 0 Å². The van der Waals surface area contributed by atoms with E-state index in [0.29, 0.717) is 13.0 Å². The number of aryl methyl sites for hydroxylation is 2. The Labute approximate surface area is 124 Å². The minimum atomic E-state index is -0.131. The standard InChI is InChI=1S/C16H21N3O2/c1-10(16-11(2)19-21-12(16)3)18-15(20)8-13-6-4-5-7-14(13)9-17/h4-7,10H,8-9,17H2,1-3H3,(H,18,20). The second-order valence-electron chi connectivity index (χ2n) is 5.18. The molecule has 1 aromatic heterocycles. The quantitative estimate of drug-likeness (QED) is 0.883. The SMILES string of the molecule is Cc1noc(C)c1C(C)NC(=O)Cc1ccccc1CN. The summed E-state index contributed by atoms with van der Waals surface area (Å²) in [6.45, 7) is 6.09. The first-order chi connectivity index (χ1) is 10.0. The van der Waals surface area contributed by atoms with Gasteiger partial charge >= 0.3 is 0 Å². The van der Waals surface area contributed by atoms with Gasteiger partial charge in [-0.3, -0.25) is 4.79 Å². The van der Waals surface area contributed by atoms with Crippen LogP contribution in [0.25, 0.3) is 0 Å². The summed E-state index contributed by atoms with van der Waals surface area (Å²) in [4.78, 5) is 12.2. The first kappa shape index (κ1) is 15.3. The number of hydrogen-bond acceptors (Lipinski definition) is 4. The first-order valence-electron chi connectivity index (χ1n) is 7.02. The number of rotatable bonds is 5. The molecule has 2 aromatic rings. The average Bonchev–Trinajstić information content (AvgIpc) is 2.78. The van der Waals surface area contributed by atoms with E-state index in [9.17, 15) is 4.79 Å². The van der Waals surface area contributed by atoms with Crippen LogP contribution in [-0.2, 0) is 17.8 Å². The third-order valence-corrected chi connectivity index (χ3v) is 3.59. The Morgan fingerprint density at radius 1 is 1.33 bits per heavy atom. The first-order valence-corrected chi connectivity index (χ1v) is 7.02. The molecule has 1 amide bonds. The molecule has 21 heavy (non-hydrogen) atoms. The normalized spacial score (nSPS) is 12.2. The molecular weight excluding hydrogens is 266 g/mol. The van der Waals surface area contributed by atoms with Crippen molar-refractivity contribution < 1.29 is 9.32 Å². The predicted molar refractivity (Wildman–Crippen MR) is 80.6 cm³/mol. The van der Waals surface area contributed by atoms with E-state index in [1.807, 2.05) is 45.0 Å². The second kappa shape index (κ2) is 6.54. The van der Waals surface area contributed by atoms with Gasteiger partial charge in [0.2, 0.25) is 5.91 Å². The fourth-order valence-electron chi connectivity index (χ4n) is 2.58. The van der Waals surface area contributed by atoms with Crippen molar-refractivity contribution in [1.82, 2.24) is 10.5 Å². The van der Waals surface area contributed by atoms with Gasteiger partial charge in [0, 0.05) is 12.1 Å². The summed E-state index contributed by atoms with van der Waals surface area (Å²) in [5.74, 6) is 0.700. The van der Waals surface area contributed by atoms with Gasteiger partial charge in [-0.2, -0.15) is 0 Å². The smallest absolute Gasteiger partial charge is 0.224 e. The monoisotopic (exact) mass is 287 g/mol. The van der Waals surface area contributed by atoms with Crippen LogP contribution in [0.3, 0.4) is 0 Å². The van der Waals surface area contributed by atoms with Crippen LogP contribution in [0.5, 0.6) is 0 Å². The molecule has 2 rings (SSSR count). The summed E-state index contributed by atoms with van der Waals surface area (Å²) in [6, 6.07) is 7.59. The van der Waals surface area contributed by atoms with Crippen LogP contribution in [0.4, 0.5) is 0 Å². The molecule has 0 saturated heterocycles. The van der Waals surface area contributed by atoms with Gasteiger partial charge < -0.3 is 15.6 Å². The number of nitrogens with two attached hydrogens (primary N) is 1. The molecule has 0 radical (unpaired) electrons. The van der Waals surface area contributed by atoms with Crippen LogP contribution in [0.15, 0.2) is 28.8 Å². The topological polar surface area (TPSA) is 81.2 Å². The van der Waals surface area contributed by atoms with Gasteiger partial charge in [0.1, 0.15) is 5.76 Å². The van der Waals surface area contributed by atoms with Crippen LogP contribution in [-0.4, -0.2) is 11.1 Å². The van der Waals surface area contributed by atoms with E-state index >= 15 is 0 Å². The van der Waals surface area contributed by atoms with Crippen molar-refractivity contribution in [2.24, 2.45) is 5.73 Å². The molecule has 1 aromatic carbocycles. The van der Waals surface area contributed by atoms with Crippen molar-refractivity contribution in [1.29, 1.82) is 0 Å². The maximum Gasteiger partial charge on any atom is 0.224 e. The number of nitrogens with zero attached hydrogens (tertiary/aromatic N) is 1. The number of hydrogen-bond donors (Lipinski definition) is 2. The molecular formula is C16H21N3O2. The molecule has 0 aliphatic heterocycles. The molecule has 1 heterocycles. The van der Waals surface area contributed by atoms with Gasteiger partial charge in [0.05, 0.1) is 18.2 Å². The Morgan fingerprint density at radius 2 is 2.00 bits per heavy atom. The highest BCUT2D eigenvalue weighted by Gasteiger charge is 2.18. The van der Waals surface area contributed by atoms with Crippen molar-refractivity contribution in [3.05, 3.63) is 52.4 Å². The molecule has 5 nitrogen and oxygen atoms in total. The minimum Gasteiger partial charge on any atom is -0.361 e. The zero-order valence-electron chi connectivity index (χ0n) is 12.6. The number of nitrogens with one attached hydrogen (secondary N) is 1. The summed E-state index contributed by atoms with van der Waals surface area (Å²) >= 11 is 0. The Morgan fingerprint density at radius 3 is 2.57 bits per heavy atom. The van der Waals surface area contributed by atoms with E-state index in [-0.39, 0.29) is 11.9 Å². The van der Waals surface area contributed by atoms with E-state index in [1.54, 1.807) is 0 Å². The van der Waals surface area contributed by atoms with E-state index in [2.05, 4.69) is 10.5 Å². The zero-order chi connectivity index (χ0) is 15.4. The molecule has 1 unspecified atom stereocenters. The number of carbonyl (C=O) groups is 1. The Hall–Kier alpha value is -2.14. The average molecular weight is 287 g/mol. The fourth-order valence-corrected chi connectivity index (χ4v) is 2.58. The van der Waals surface area contributed by atoms with E-state index in [0.717, 1.165) is 28.1 Å². The summed E-state index contributed by atoms with van der Waals surface area (Å²) in [5.41, 5.74) is 9.40. The lowest BCUT2D eigenvalue weighted by molar-refractivity contribution is -0.121. The number of amides is 1. The summed E-state index contributed by atoms with van der Waals surface area (Å²) in [5, 5.41) is 6.90. The second-order valence-corrected chi connectivity index (χ2v) is 5.18. The van der Waals surface area contributed by atoms with Crippen LogP contribution in [0, 0.1) is 13.8 Å². The van der Waals surface area contributed by atoms with Crippen LogP contribution < -0.4 is 11.1 Å². The lowest BCUT2D eigenvalue weighted by Crippen LogP contribution is -2.29. The lowest BCUT2D eigenvalue weighted by Gasteiger charge is -2.14. The van der Waals surface area contributed by atoms with Crippen LogP contribution in [0.2, 0.25) is 0 Å². The van der Waals surface area contributed by atoms with Gasteiger partial charge in [-0.15, -0.1) is 0 Å². The van der Waals surface area contributed by atoms with Crippen LogP contribution in [0.1, 0.15) is 41.1 Å². The van der Waals surface area contributed by atoms with E-state index in [1.165, 1.54) is 0 Å². The third-order valence-electron chi connectivity index (χ3n) is 3.59. The molecule has 0 aliphatic carbocycles. The Bertz CT molecular complexity index is 615. The zero-order valence-corrected chi connectivity index (χ0v) is 12.6. The molecule has 5 heteroatoms. The highest BCUT2D eigenvalue weighted by Crippen LogP contribution is 2.21. The van der Waals surface area contributed by atoms with Gasteiger partial charge in [-0.25, -0.2) is 0 Å². The maximum atomic E-state index is 12.2. The third kappa shape index (κ3) is 3.49. The van der Waals surface area contributed by atoms with E-state index in [4.69, 9.17) is 10.3 Å². The summed E-state index contributed by atoms with van der Waals surface area (Å²) in [7, 11) is 0. The highest BCUT2D eigenvalue weighted by molar-refractivity contribution is 5.79. The largest absolute Gasteiger partial charge is 0.361 e. The van der Waals surface area contributed by atoms with Crippen molar-refractivity contribution in [2.75, 3.05) is 0 Å². The number of benzene rings is 1. The summed E-state index contributed by atoms with van der Waals surface area (Å²) < 4.78 is 5.13. The van der Waals surface area contributed by atoms with E-state index < -0.39 is 0 Å². The van der Waals surface area contributed by atoms with Crippen molar-refractivity contribution in [2.45, 2.75) is 39.8 Å². The number of carbonyl (C=O) groups excluding carboxylic acids is 1. The van der Waals surface area contributed by atoms with Gasteiger partial charge in [-0.05, 0) is 31.9 Å². The minimum absolute atomic E-state index is 0.0385. The van der Waals surface area contributed by atoms with Gasteiger partial charge in [0.25, 0.3) is 0 Å². The molecule has 112 valence electrons. The summed E-state index contributed by atoms with van der Waals surface area (Å²) in [6.07, 6.45) is 0.321. The molecule has 0 saturated carbocycles. The van der Waals surface area contributed by atoms with Crippen molar-refractivity contribution in [3.8, 4) is 0 Å². The van der Waals surface area contributed by atoms with Crippen molar-refractivity contribution >= 4 is 5.91 Å². The maximum absolute atomic E-state index is 12.2. The highest BCUT2D eigenvalue weighted by atomic mass is 16.5. The van der Waals surface area contributed by atoms with Crippen molar-refractivity contribution in [3.63, 3.8) is 0 Å². The predicted octanol–water partition coefficient (Wildman–Crippen LogP) is 2.17. The molecule has 0 fully saturated rings. The molecule has 0 aliphatic rings. The van der Waals surface area contributed by atoms with Gasteiger partial charge in [-0.1, -0.05) is 29.4 Å². The Kier molecular flexibility index (Phi) is 4.75. The lowest BCUT2D eigenvalue weighted by atomic mass is 10.0. The van der Waals surface area contributed by atoms with Crippen LogP contribution >= 0.6 is 0 Å². The molecule has 0 spiro atoms. The fraction of sp³-hybridized carbons (Fsp3) is 0.375. The number of aromatic nitrogens is 1. The molecule has 0 bridgehead atoms. The Balaban J connectivity index is 2.05.